The monoisotopic (exact) mass is 245 g/mol. The van der Waals surface area contributed by atoms with Crippen molar-refractivity contribution in [3.63, 3.8) is 0 Å². The number of hydrogen-bond acceptors (Lipinski definition) is 3. The normalized spacial score (nSPS) is 31.5. The Kier molecular flexibility index (Phi) is 3.52. The van der Waals surface area contributed by atoms with Gasteiger partial charge in [0.05, 0.1) is 7.11 Å². The fraction of sp³-hybridized carbons (Fsp3) is 0.727. The molecule has 1 aromatic rings. The van der Waals surface area contributed by atoms with Crippen molar-refractivity contribution in [1.82, 2.24) is 4.37 Å². The SMILES string of the molecule is COc1nscc1C1CC(Cl)CCC1C. The van der Waals surface area contributed by atoms with Crippen molar-refractivity contribution in [2.45, 2.75) is 37.5 Å². The molecule has 84 valence electrons. The molecule has 1 aliphatic carbocycles. The molecule has 0 spiro atoms. The minimum Gasteiger partial charge on any atom is -0.480 e. The van der Waals surface area contributed by atoms with Crippen LogP contribution in [0.25, 0.3) is 0 Å². The van der Waals surface area contributed by atoms with Gasteiger partial charge in [0.1, 0.15) is 0 Å². The Balaban J connectivity index is 2.20. The number of alkyl halides is 1. The molecule has 0 amide bonds. The second kappa shape index (κ2) is 4.71. The smallest absolute Gasteiger partial charge is 0.228 e. The van der Waals surface area contributed by atoms with Crippen LogP contribution in [0.3, 0.4) is 0 Å². The lowest BCUT2D eigenvalue weighted by molar-refractivity contribution is 0.320. The first kappa shape index (κ1) is 11.2. The zero-order valence-corrected chi connectivity index (χ0v) is 10.6. The van der Waals surface area contributed by atoms with E-state index in [1.807, 2.05) is 0 Å². The van der Waals surface area contributed by atoms with E-state index in [-0.39, 0.29) is 0 Å². The van der Waals surface area contributed by atoms with Crippen LogP contribution >= 0.6 is 23.1 Å². The number of rotatable bonds is 2. The van der Waals surface area contributed by atoms with Crippen molar-refractivity contribution in [2.75, 3.05) is 7.11 Å². The summed E-state index contributed by atoms with van der Waals surface area (Å²) in [6.45, 7) is 2.30. The summed E-state index contributed by atoms with van der Waals surface area (Å²) in [7, 11) is 1.68. The Morgan fingerprint density at radius 1 is 1.53 bits per heavy atom. The highest BCUT2D eigenvalue weighted by atomic mass is 35.5. The average molecular weight is 246 g/mol. The van der Waals surface area contributed by atoms with Crippen molar-refractivity contribution >= 4 is 23.1 Å². The number of nitrogens with zero attached hydrogens (tertiary/aromatic N) is 1. The standard InChI is InChI=1S/C11H16ClNOS/c1-7-3-4-8(12)5-9(7)10-6-15-13-11(10)14-2/h6-9H,3-5H2,1-2H3. The third-order valence-corrected chi connectivity index (χ3v) is 4.31. The molecule has 2 nitrogen and oxygen atoms in total. The summed E-state index contributed by atoms with van der Waals surface area (Å²) in [4.78, 5) is 0. The van der Waals surface area contributed by atoms with E-state index < -0.39 is 0 Å². The van der Waals surface area contributed by atoms with Crippen LogP contribution in [0.1, 0.15) is 37.7 Å². The lowest BCUT2D eigenvalue weighted by Crippen LogP contribution is -2.21. The van der Waals surface area contributed by atoms with Gasteiger partial charge in [-0.3, -0.25) is 0 Å². The first-order chi connectivity index (χ1) is 7.22. The van der Waals surface area contributed by atoms with E-state index >= 15 is 0 Å². The van der Waals surface area contributed by atoms with Crippen LogP contribution in [-0.2, 0) is 0 Å². The predicted octanol–water partition coefficient (Wildman–Crippen LogP) is 3.66. The second-order valence-electron chi connectivity index (χ2n) is 4.27. The lowest BCUT2D eigenvalue weighted by Gasteiger charge is -2.31. The zero-order valence-electron chi connectivity index (χ0n) is 9.07. The van der Waals surface area contributed by atoms with Crippen LogP contribution in [0.4, 0.5) is 0 Å². The molecule has 1 fully saturated rings. The average Bonchev–Trinajstić information content (AvgIpc) is 2.69. The van der Waals surface area contributed by atoms with Crippen molar-refractivity contribution in [3.8, 4) is 5.88 Å². The topological polar surface area (TPSA) is 22.1 Å². The van der Waals surface area contributed by atoms with Gasteiger partial charge in [0.15, 0.2) is 0 Å². The third-order valence-electron chi connectivity index (χ3n) is 3.29. The van der Waals surface area contributed by atoms with Crippen molar-refractivity contribution in [1.29, 1.82) is 0 Å². The lowest BCUT2D eigenvalue weighted by atomic mass is 9.77. The minimum atomic E-state index is 0.316. The molecule has 1 heterocycles. The Labute approximate surface area is 99.8 Å². The number of halogens is 1. The quantitative estimate of drug-likeness (QED) is 0.742. The molecule has 1 aromatic heterocycles. The van der Waals surface area contributed by atoms with E-state index in [1.54, 1.807) is 7.11 Å². The van der Waals surface area contributed by atoms with Gasteiger partial charge >= 0.3 is 0 Å². The summed E-state index contributed by atoms with van der Waals surface area (Å²) in [5, 5.41) is 2.42. The highest BCUT2D eigenvalue weighted by molar-refractivity contribution is 7.03. The molecule has 1 saturated carbocycles. The van der Waals surface area contributed by atoms with Crippen molar-refractivity contribution < 1.29 is 4.74 Å². The number of methoxy groups -OCH3 is 1. The minimum absolute atomic E-state index is 0.316. The Bertz CT molecular complexity index is 328. The van der Waals surface area contributed by atoms with Gasteiger partial charge in [-0.05, 0) is 42.6 Å². The van der Waals surface area contributed by atoms with Crippen LogP contribution in [0.5, 0.6) is 5.88 Å². The molecular formula is C11H16ClNOS. The van der Waals surface area contributed by atoms with Crippen LogP contribution in [0.2, 0.25) is 0 Å². The van der Waals surface area contributed by atoms with Crippen molar-refractivity contribution in [2.24, 2.45) is 5.92 Å². The van der Waals surface area contributed by atoms with E-state index in [9.17, 15) is 0 Å². The van der Waals surface area contributed by atoms with Crippen LogP contribution < -0.4 is 4.74 Å². The molecule has 1 aliphatic rings. The summed E-state index contributed by atoms with van der Waals surface area (Å²) < 4.78 is 9.52. The van der Waals surface area contributed by atoms with E-state index in [1.165, 1.54) is 23.5 Å². The van der Waals surface area contributed by atoms with Gasteiger partial charge in [-0.25, -0.2) is 0 Å². The molecule has 0 bridgehead atoms. The zero-order chi connectivity index (χ0) is 10.8. The fourth-order valence-corrected chi connectivity index (χ4v) is 3.37. The summed E-state index contributed by atoms with van der Waals surface area (Å²) in [5.74, 6) is 2.00. The van der Waals surface area contributed by atoms with Gasteiger partial charge < -0.3 is 4.74 Å². The Morgan fingerprint density at radius 2 is 2.33 bits per heavy atom. The number of ether oxygens (including phenoxy) is 1. The third kappa shape index (κ3) is 2.28. The Hall–Kier alpha value is -0.280. The van der Waals surface area contributed by atoms with Crippen LogP contribution in [0.15, 0.2) is 5.38 Å². The van der Waals surface area contributed by atoms with Gasteiger partial charge in [-0.2, -0.15) is 4.37 Å². The van der Waals surface area contributed by atoms with Crippen LogP contribution in [-0.4, -0.2) is 16.9 Å². The van der Waals surface area contributed by atoms with Crippen LogP contribution in [0, 0.1) is 5.92 Å². The molecule has 15 heavy (non-hydrogen) atoms. The fourth-order valence-electron chi connectivity index (χ4n) is 2.34. The summed E-state index contributed by atoms with van der Waals surface area (Å²) in [6.07, 6.45) is 3.40. The highest BCUT2D eigenvalue weighted by Crippen LogP contribution is 2.42. The van der Waals surface area contributed by atoms with Gasteiger partial charge in [0.25, 0.3) is 0 Å². The van der Waals surface area contributed by atoms with E-state index in [0.717, 1.165) is 18.7 Å². The number of aromatic nitrogens is 1. The maximum atomic E-state index is 6.23. The van der Waals surface area contributed by atoms with E-state index in [0.29, 0.717) is 17.2 Å². The molecule has 0 aromatic carbocycles. The van der Waals surface area contributed by atoms with Gasteiger partial charge in [0.2, 0.25) is 5.88 Å². The highest BCUT2D eigenvalue weighted by Gasteiger charge is 2.30. The molecule has 0 aliphatic heterocycles. The number of hydrogen-bond donors (Lipinski definition) is 0. The van der Waals surface area contributed by atoms with E-state index in [2.05, 4.69) is 16.7 Å². The molecule has 0 radical (unpaired) electrons. The molecule has 3 atom stereocenters. The second-order valence-corrected chi connectivity index (χ2v) is 5.52. The van der Waals surface area contributed by atoms with Gasteiger partial charge in [-0.1, -0.05) is 6.92 Å². The predicted molar refractivity (Wildman–Crippen MR) is 64.1 cm³/mol. The maximum Gasteiger partial charge on any atom is 0.228 e. The molecule has 3 unspecified atom stereocenters. The molecule has 4 heteroatoms. The van der Waals surface area contributed by atoms with E-state index in [4.69, 9.17) is 16.3 Å². The first-order valence-corrected chi connectivity index (χ1v) is 6.62. The maximum absolute atomic E-state index is 6.23. The van der Waals surface area contributed by atoms with Gasteiger partial charge in [-0.15, -0.1) is 11.6 Å². The summed E-state index contributed by atoms with van der Waals surface area (Å²) in [6, 6.07) is 0. The first-order valence-electron chi connectivity index (χ1n) is 5.34. The molecule has 0 saturated heterocycles. The molecular weight excluding hydrogens is 230 g/mol. The van der Waals surface area contributed by atoms with Crippen molar-refractivity contribution in [3.05, 3.63) is 10.9 Å². The molecule has 2 rings (SSSR count). The van der Waals surface area contributed by atoms with Gasteiger partial charge in [0, 0.05) is 16.3 Å². The largest absolute Gasteiger partial charge is 0.480 e. The molecule has 0 N–H and O–H groups in total. The Morgan fingerprint density at radius 3 is 3.07 bits per heavy atom. The summed E-state index contributed by atoms with van der Waals surface area (Å²) in [5.41, 5.74) is 1.25. The summed E-state index contributed by atoms with van der Waals surface area (Å²) >= 11 is 7.70.